The van der Waals surface area contributed by atoms with E-state index in [4.69, 9.17) is 0 Å². The molecule has 2 heterocycles. The fraction of sp³-hybridized carbons (Fsp3) is 0. The van der Waals surface area contributed by atoms with Crippen LogP contribution in [0.4, 0.5) is 10.1 Å². The standard InChI is InChI=1S/C20H13BrFN3OS/c21-13-3-9-16(10-4-13)25-11-1-2-17(25)12-18-19(26)24-20(27-18)23-15-7-5-14(22)6-8-15/h1-12H,(H,23,24,26). The van der Waals surface area contributed by atoms with Gasteiger partial charge in [0, 0.05) is 22.1 Å². The second kappa shape index (κ2) is 7.54. The molecule has 2 aromatic carbocycles. The molecule has 1 N–H and O–H groups in total. The number of amidine groups is 1. The summed E-state index contributed by atoms with van der Waals surface area (Å²) in [6.07, 6.45) is 3.77. The van der Waals surface area contributed by atoms with Crippen LogP contribution in [0, 0.1) is 5.82 Å². The Morgan fingerprint density at radius 1 is 1.07 bits per heavy atom. The molecule has 27 heavy (non-hydrogen) atoms. The Morgan fingerprint density at radius 2 is 1.81 bits per heavy atom. The van der Waals surface area contributed by atoms with Gasteiger partial charge in [0.2, 0.25) is 0 Å². The summed E-state index contributed by atoms with van der Waals surface area (Å²) < 4.78 is 16.0. The van der Waals surface area contributed by atoms with Crippen molar-refractivity contribution in [3.8, 4) is 5.69 Å². The molecule has 134 valence electrons. The molecule has 1 aliphatic rings. The average molecular weight is 442 g/mol. The maximum absolute atomic E-state index is 13.0. The number of aromatic nitrogens is 1. The number of hydrogen-bond donors (Lipinski definition) is 1. The van der Waals surface area contributed by atoms with Crippen molar-refractivity contribution in [1.82, 2.24) is 9.88 Å². The van der Waals surface area contributed by atoms with Gasteiger partial charge in [-0.1, -0.05) is 15.9 Å². The summed E-state index contributed by atoms with van der Waals surface area (Å²) in [4.78, 5) is 17.2. The van der Waals surface area contributed by atoms with Gasteiger partial charge >= 0.3 is 0 Å². The van der Waals surface area contributed by atoms with Crippen LogP contribution < -0.4 is 5.32 Å². The number of benzene rings is 2. The molecule has 1 saturated heterocycles. The quantitative estimate of drug-likeness (QED) is 0.562. The first-order chi connectivity index (χ1) is 13.1. The third kappa shape index (κ3) is 4.04. The first kappa shape index (κ1) is 17.8. The van der Waals surface area contributed by atoms with Gasteiger partial charge in [-0.3, -0.25) is 4.79 Å². The molecular formula is C20H13BrFN3OS. The zero-order valence-electron chi connectivity index (χ0n) is 13.9. The number of aliphatic imine (C=N–C) groups is 1. The number of halogens is 2. The smallest absolute Gasteiger partial charge is 0.264 e. The van der Waals surface area contributed by atoms with Gasteiger partial charge in [-0.25, -0.2) is 9.38 Å². The number of nitrogens with zero attached hydrogens (tertiary/aromatic N) is 2. The van der Waals surface area contributed by atoms with Crippen LogP contribution in [-0.4, -0.2) is 15.6 Å². The molecule has 0 radical (unpaired) electrons. The molecule has 3 aromatic rings. The van der Waals surface area contributed by atoms with E-state index in [0.29, 0.717) is 15.8 Å². The van der Waals surface area contributed by atoms with Gasteiger partial charge in [0.15, 0.2) is 5.17 Å². The monoisotopic (exact) mass is 441 g/mol. The second-order valence-corrected chi connectivity index (χ2v) is 7.68. The minimum Gasteiger partial charge on any atom is -0.317 e. The van der Waals surface area contributed by atoms with Crippen molar-refractivity contribution in [2.45, 2.75) is 0 Å². The summed E-state index contributed by atoms with van der Waals surface area (Å²) in [6.45, 7) is 0. The van der Waals surface area contributed by atoms with Crippen molar-refractivity contribution in [2.75, 3.05) is 0 Å². The lowest BCUT2D eigenvalue weighted by molar-refractivity contribution is -0.115. The van der Waals surface area contributed by atoms with Crippen molar-refractivity contribution >= 4 is 50.5 Å². The molecule has 1 aliphatic heterocycles. The highest BCUT2D eigenvalue weighted by atomic mass is 79.9. The van der Waals surface area contributed by atoms with E-state index in [1.54, 1.807) is 12.1 Å². The van der Waals surface area contributed by atoms with Crippen molar-refractivity contribution in [3.63, 3.8) is 0 Å². The zero-order chi connectivity index (χ0) is 18.8. The van der Waals surface area contributed by atoms with E-state index >= 15 is 0 Å². The summed E-state index contributed by atoms with van der Waals surface area (Å²) in [6, 6.07) is 17.6. The minimum atomic E-state index is -0.323. The van der Waals surface area contributed by atoms with Crippen LogP contribution in [0.1, 0.15) is 5.69 Å². The van der Waals surface area contributed by atoms with Crippen LogP contribution in [0.5, 0.6) is 0 Å². The normalized spacial score (nSPS) is 16.9. The van der Waals surface area contributed by atoms with Crippen LogP contribution in [-0.2, 0) is 4.79 Å². The maximum atomic E-state index is 13.0. The Hall–Kier alpha value is -2.64. The maximum Gasteiger partial charge on any atom is 0.264 e. The molecule has 4 rings (SSSR count). The minimum absolute atomic E-state index is 0.204. The molecule has 1 amide bonds. The predicted molar refractivity (Wildman–Crippen MR) is 111 cm³/mol. The van der Waals surface area contributed by atoms with E-state index in [9.17, 15) is 9.18 Å². The lowest BCUT2D eigenvalue weighted by Crippen LogP contribution is -2.19. The van der Waals surface area contributed by atoms with Crippen molar-refractivity contribution in [2.24, 2.45) is 4.99 Å². The molecule has 1 aromatic heterocycles. The predicted octanol–water partition coefficient (Wildman–Crippen LogP) is 5.27. The molecule has 0 spiro atoms. The van der Waals surface area contributed by atoms with Gasteiger partial charge in [-0.15, -0.1) is 0 Å². The molecule has 7 heteroatoms. The van der Waals surface area contributed by atoms with Crippen molar-refractivity contribution in [3.05, 3.63) is 87.7 Å². The third-order valence-electron chi connectivity index (χ3n) is 3.87. The van der Waals surface area contributed by atoms with E-state index < -0.39 is 0 Å². The van der Waals surface area contributed by atoms with Crippen LogP contribution in [0.3, 0.4) is 0 Å². The first-order valence-electron chi connectivity index (χ1n) is 8.07. The second-order valence-electron chi connectivity index (χ2n) is 5.74. The van der Waals surface area contributed by atoms with E-state index in [0.717, 1.165) is 15.9 Å². The lowest BCUT2D eigenvalue weighted by Gasteiger charge is -2.07. The number of nitrogens with one attached hydrogen (secondary N) is 1. The Balaban J connectivity index is 1.60. The van der Waals surface area contributed by atoms with E-state index in [1.165, 1.54) is 23.9 Å². The highest BCUT2D eigenvalue weighted by Gasteiger charge is 2.24. The summed E-state index contributed by atoms with van der Waals surface area (Å²) >= 11 is 4.69. The number of rotatable bonds is 3. The average Bonchev–Trinajstić information content (AvgIpc) is 3.25. The van der Waals surface area contributed by atoms with Gasteiger partial charge in [0.1, 0.15) is 5.82 Å². The number of hydrogen-bond acceptors (Lipinski definition) is 3. The van der Waals surface area contributed by atoms with E-state index in [1.807, 2.05) is 53.2 Å². The Bertz CT molecular complexity index is 1060. The number of thioether (sulfide) groups is 1. The highest BCUT2D eigenvalue weighted by Crippen LogP contribution is 2.29. The van der Waals surface area contributed by atoms with Crippen LogP contribution >= 0.6 is 27.7 Å². The van der Waals surface area contributed by atoms with E-state index in [-0.39, 0.29) is 11.7 Å². The van der Waals surface area contributed by atoms with E-state index in [2.05, 4.69) is 26.2 Å². The van der Waals surface area contributed by atoms with Gasteiger partial charge in [0.05, 0.1) is 10.6 Å². The van der Waals surface area contributed by atoms with Gasteiger partial charge in [0.25, 0.3) is 5.91 Å². The molecule has 0 saturated carbocycles. The Labute approximate surface area is 167 Å². The Kier molecular flexibility index (Phi) is 4.96. The molecule has 0 bridgehead atoms. The van der Waals surface area contributed by atoms with Crippen LogP contribution in [0.2, 0.25) is 0 Å². The van der Waals surface area contributed by atoms with Crippen LogP contribution in [0.25, 0.3) is 11.8 Å². The van der Waals surface area contributed by atoms with Gasteiger partial charge in [-0.2, -0.15) is 0 Å². The third-order valence-corrected chi connectivity index (χ3v) is 5.31. The summed E-state index contributed by atoms with van der Waals surface area (Å²) in [5.74, 6) is -0.527. The fourth-order valence-electron chi connectivity index (χ4n) is 2.60. The topological polar surface area (TPSA) is 46.4 Å². The summed E-state index contributed by atoms with van der Waals surface area (Å²) in [5, 5.41) is 3.21. The SMILES string of the molecule is O=C1NC(=Nc2ccc(F)cc2)SC1=Cc1cccn1-c1ccc(Br)cc1. The lowest BCUT2D eigenvalue weighted by atomic mass is 10.3. The summed E-state index contributed by atoms with van der Waals surface area (Å²) in [5.41, 5.74) is 2.47. The van der Waals surface area contributed by atoms with Crippen molar-refractivity contribution < 1.29 is 9.18 Å². The number of carbonyl (C=O) groups excluding carboxylic acids is 1. The fourth-order valence-corrected chi connectivity index (χ4v) is 3.69. The number of amides is 1. The Morgan fingerprint density at radius 3 is 2.56 bits per heavy atom. The van der Waals surface area contributed by atoms with Gasteiger partial charge < -0.3 is 9.88 Å². The summed E-state index contributed by atoms with van der Waals surface area (Å²) in [7, 11) is 0. The molecule has 0 aliphatic carbocycles. The zero-order valence-corrected chi connectivity index (χ0v) is 16.3. The van der Waals surface area contributed by atoms with Crippen LogP contribution in [0.15, 0.2) is 81.2 Å². The first-order valence-corrected chi connectivity index (χ1v) is 9.68. The highest BCUT2D eigenvalue weighted by molar-refractivity contribution is 9.10. The number of carbonyl (C=O) groups is 1. The molecule has 0 atom stereocenters. The molecule has 1 fully saturated rings. The molecular weight excluding hydrogens is 429 g/mol. The molecule has 4 nitrogen and oxygen atoms in total. The molecule has 0 unspecified atom stereocenters. The largest absolute Gasteiger partial charge is 0.317 e. The van der Waals surface area contributed by atoms with Crippen molar-refractivity contribution in [1.29, 1.82) is 0 Å². The van der Waals surface area contributed by atoms with Gasteiger partial charge in [-0.05, 0) is 78.5 Å².